The van der Waals surface area contributed by atoms with Crippen LogP contribution in [0.15, 0.2) is 29.4 Å². The van der Waals surface area contributed by atoms with E-state index < -0.39 is 0 Å². The Hall–Kier alpha value is -2.02. The highest BCUT2D eigenvalue weighted by molar-refractivity contribution is 8.00. The normalized spacial score (nSPS) is 12.4. The predicted octanol–water partition coefficient (Wildman–Crippen LogP) is 3.04. The van der Waals surface area contributed by atoms with Crippen molar-refractivity contribution in [2.75, 3.05) is 0 Å². The predicted molar refractivity (Wildman–Crippen MR) is 99.5 cm³/mol. The van der Waals surface area contributed by atoms with Gasteiger partial charge in [-0.2, -0.15) is 0 Å². The molecule has 0 spiro atoms. The number of carbonyl (C=O) groups excluding carboxylic acids is 1. The number of benzene rings is 1. The van der Waals surface area contributed by atoms with E-state index in [0.29, 0.717) is 17.7 Å². The van der Waals surface area contributed by atoms with Gasteiger partial charge in [0, 0.05) is 6.54 Å². The Morgan fingerprint density at radius 2 is 1.92 bits per heavy atom. The van der Waals surface area contributed by atoms with Crippen molar-refractivity contribution in [3.8, 4) is 5.75 Å². The average Bonchev–Trinajstić information content (AvgIpc) is 2.94. The molecule has 25 heavy (non-hydrogen) atoms. The first-order valence-electron chi connectivity index (χ1n) is 8.50. The molecule has 1 aromatic heterocycles. The summed E-state index contributed by atoms with van der Waals surface area (Å²) in [5.41, 5.74) is 6.63. The van der Waals surface area contributed by atoms with Crippen LogP contribution in [0.5, 0.6) is 5.75 Å². The fraction of sp³-hybridized carbons (Fsp3) is 0.500. The number of hydrogen-bond acceptors (Lipinski definition) is 5. The number of aryl methyl sites for hydroxylation is 1. The van der Waals surface area contributed by atoms with E-state index in [1.807, 2.05) is 16.7 Å². The minimum absolute atomic E-state index is 0.330. The number of primary amides is 1. The zero-order chi connectivity index (χ0) is 18.4. The molecule has 2 aromatic rings. The van der Waals surface area contributed by atoms with Crippen LogP contribution in [0.1, 0.15) is 39.1 Å². The van der Waals surface area contributed by atoms with Gasteiger partial charge < -0.3 is 15.0 Å². The minimum atomic E-state index is -0.363. The van der Waals surface area contributed by atoms with Gasteiger partial charge in [0.25, 0.3) is 0 Å². The van der Waals surface area contributed by atoms with Crippen molar-refractivity contribution < 1.29 is 9.53 Å². The number of ether oxygens (including phenoxy) is 1. The molecular formula is C18H26N4O2S. The quantitative estimate of drug-likeness (QED) is 0.693. The van der Waals surface area contributed by atoms with E-state index in [1.54, 1.807) is 6.92 Å². The molecule has 2 rings (SSSR count). The lowest BCUT2D eigenvalue weighted by atomic mass is 10.2. The van der Waals surface area contributed by atoms with Gasteiger partial charge in [0.2, 0.25) is 5.91 Å². The van der Waals surface area contributed by atoms with Gasteiger partial charge in [-0.05, 0) is 37.0 Å². The standard InChI is InChI=1S/C18H26N4O2S/c1-5-14-6-8-15(9-7-14)24-11-16-20-21-18(22(16)10-12(2)3)25-13(4)17(19)23/h6-9,12-13H,5,10-11H2,1-4H3,(H2,19,23)/t13-/m1/s1. The van der Waals surface area contributed by atoms with Crippen LogP contribution < -0.4 is 10.5 Å². The topological polar surface area (TPSA) is 83.0 Å². The third-order valence-corrected chi connectivity index (χ3v) is 4.82. The second kappa shape index (κ2) is 8.89. The first kappa shape index (κ1) is 19.3. The molecule has 1 amide bonds. The van der Waals surface area contributed by atoms with Gasteiger partial charge in [-0.3, -0.25) is 4.79 Å². The van der Waals surface area contributed by atoms with Crippen molar-refractivity contribution in [3.63, 3.8) is 0 Å². The smallest absolute Gasteiger partial charge is 0.230 e. The molecule has 0 unspecified atom stereocenters. The Kier molecular flexibility index (Phi) is 6.87. The molecule has 1 aromatic carbocycles. The first-order valence-corrected chi connectivity index (χ1v) is 9.38. The summed E-state index contributed by atoms with van der Waals surface area (Å²) in [5, 5.41) is 8.80. The monoisotopic (exact) mass is 362 g/mol. The third-order valence-electron chi connectivity index (χ3n) is 3.72. The fourth-order valence-electron chi connectivity index (χ4n) is 2.25. The first-order chi connectivity index (χ1) is 11.9. The van der Waals surface area contributed by atoms with Crippen LogP contribution in [-0.2, 0) is 24.4 Å². The summed E-state index contributed by atoms with van der Waals surface area (Å²) in [5.74, 6) is 1.60. The Labute approximate surface area is 153 Å². The number of carbonyl (C=O) groups is 1. The van der Waals surface area contributed by atoms with E-state index in [-0.39, 0.29) is 11.2 Å². The van der Waals surface area contributed by atoms with Gasteiger partial charge in [-0.25, -0.2) is 0 Å². The van der Waals surface area contributed by atoms with Gasteiger partial charge in [0.15, 0.2) is 11.0 Å². The summed E-state index contributed by atoms with van der Waals surface area (Å²) in [6.45, 7) is 9.23. The second-order valence-corrected chi connectivity index (χ2v) is 7.66. The molecule has 0 fully saturated rings. The molecule has 0 saturated carbocycles. The van der Waals surface area contributed by atoms with Crippen LogP contribution in [-0.4, -0.2) is 25.9 Å². The van der Waals surface area contributed by atoms with Gasteiger partial charge in [0.1, 0.15) is 12.4 Å². The highest BCUT2D eigenvalue weighted by atomic mass is 32.2. The summed E-state index contributed by atoms with van der Waals surface area (Å²) in [7, 11) is 0. The number of nitrogens with two attached hydrogens (primary N) is 1. The van der Waals surface area contributed by atoms with Gasteiger partial charge in [0.05, 0.1) is 5.25 Å². The molecule has 136 valence electrons. The Morgan fingerprint density at radius 3 is 2.48 bits per heavy atom. The van der Waals surface area contributed by atoms with Crippen LogP contribution in [0, 0.1) is 5.92 Å². The Bertz CT molecular complexity index is 698. The van der Waals surface area contributed by atoms with Crippen LogP contribution in [0.4, 0.5) is 0 Å². The number of thioether (sulfide) groups is 1. The number of hydrogen-bond donors (Lipinski definition) is 1. The summed E-state index contributed by atoms with van der Waals surface area (Å²) >= 11 is 1.33. The molecule has 1 heterocycles. The molecular weight excluding hydrogens is 336 g/mol. The van der Waals surface area contributed by atoms with Crippen molar-refractivity contribution in [1.29, 1.82) is 0 Å². The van der Waals surface area contributed by atoms with E-state index >= 15 is 0 Å². The van der Waals surface area contributed by atoms with Crippen molar-refractivity contribution in [2.45, 2.75) is 57.7 Å². The summed E-state index contributed by atoms with van der Waals surface area (Å²) < 4.78 is 7.86. The molecule has 7 heteroatoms. The Morgan fingerprint density at radius 1 is 1.24 bits per heavy atom. The number of amides is 1. The highest BCUT2D eigenvalue weighted by Gasteiger charge is 2.19. The lowest BCUT2D eigenvalue weighted by Gasteiger charge is -2.14. The lowest BCUT2D eigenvalue weighted by molar-refractivity contribution is -0.117. The maximum atomic E-state index is 11.3. The molecule has 0 radical (unpaired) electrons. The minimum Gasteiger partial charge on any atom is -0.486 e. The van der Waals surface area contributed by atoms with Crippen LogP contribution in [0.2, 0.25) is 0 Å². The van der Waals surface area contributed by atoms with E-state index in [9.17, 15) is 4.79 Å². The summed E-state index contributed by atoms with van der Waals surface area (Å²) in [6.07, 6.45) is 1.00. The maximum absolute atomic E-state index is 11.3. The maximum Gasteiger partial charge on any atom is 0.230 e. The van der Waals surface area contributed by atoms with Gasteiger partial charge in [-0.15, -0.1) is 10.2 Å². The number of aromatic nitrogens is 3. The molecule has 1 atom stereocenters. The lowest BCUT2D eigenvalue weighted by Crippen LogP contribution is -2.23. The van der Waals surface area contributed by atoms with Crippen molar-refractivity contribution in [3.05, 3.63) is 35.7 Å². The highest BCUT2D eigenvalue weighted by Crippen LogP contribution is 2.24. The second-order valence-electron chi connectivity index (χ2n) is 6.35. The van der Waals surface area contributed by atoms with E-state index in [0.717, 1.165) is 24.5 Å². The summed E-state index contributed by atoms with van der Waals surface area (Å²) in [4.78, 5) is 11.3. The van der Waals surface area contributed by atoms with E-state index in [4.69, 9.17) is 10.5 Å². The molecule has 0 aliphatic heterocycles. The average molecular weight is 362 g/mol. The Balaban J connectivity index is 2.12. The summed E-state index contributed by atoms with van der Waals surface area (Å²) in [6, 6.07) is 8.05. The largest absolute Gasteiger partial charge is 0.486 e. The van der Waals surface area contributed by atoms with Crippen molar-refractivity contribution in [2.24, 2.45) is 11.7 Å². The van der Waals surface area contributed by atoms with E-state index in [2.05, 4.69) is 43.1 Å². The molecule has 0 aliphatic rings. The zero-order valence-corrected chi connectivity index (χ0v) is 16.0. The number of rotatable bonds is 9. The molecule has 0 bridgehead atoms. The fourth-order valence-corrected chi connectivity index (χ4v) is 3.07. The van der Waals surface area contributed by atoms with Gasteiger partial charge in [-0.1, -0.05) is 44.7 Å². The van der Waals surface area contributed by atoms with Crippen molar-refractivity contribution in [1.82, 2.24) is 14.8 Å². The van der Waals surface area contributed by atoms with Crippen LogP contribution in [0.3, 0.4) is 0 Å². The molecule has 2 N–H and O–H groups in total. The van der Waals surface area contributed by atoms with Crippen molar-refractivity contribution >= 4 is 17.7 Å². The molecule has 0 aliphatic carbocycles. The zero-order valence-electron chi connectivity index (χ0n) is 15.2. The third kappa shape index (κ3) is 5.49. The molecule has 0 saturated heterocycles. The van der Waals surface area contributed by atoms with Crippen LogP contribution >= 0.6 is 11.8 Å². The van der Waals surface area contributed by atoms with E-state index in [1.165, 1.54) is 17.3 Å². The number of nitrogens with zero attached hydrogens (tertiary/aromatic N) is 3. The van der Waals surface area contributed by atoms with Crippen LogP contribution in [0.25, 0.3) is 0 Å². The SMILES string of the molecule is CCc1ccc(OCc2nnc(S[C@H](C)C(N)=O)n2CC(C)C)cc1. The van der Waals surface area contributed by atoms with Gasteiger partial charge >= 0.3 is 0 Å². The molecule has 6 nitrogen and oxygen atoms in total.